The van der Waals surface area contributed by atoms with E-state index < -0.39 is 0 Å². The summed E-state index contributed by atoms with van der Waals surface area (Å²) in [5, 5.41) is 9.59. The highest BCUT2D eigenvalue weighted by molar-refractivity contribution is 5.84. The van der Waals surface area contributed by atoms with E-state index in [1.165, 1.54) is 19.3 Å². The molecule has 0 saturated heterocycles. The van der Waals surface area contributed by atoms with Gasteiger partial charge in [-0.15, -0.1) is 0 Å². The summed E-state index contributed by atoms with van der Waals surface area (Å²) in [6.07, 6.45) is 8.15. The molecule has 3 N–H and O–H groups in total. The van der Waals surface area contributed by atoms with Crippen molar-refractivity contribution in [1.82, 2.24) is 0 Å². The van der Waals surface area contributed by atoms with Crippen LogP contribution < -0.4 is 5.90 Å². The number of hydrogen-bond donors (Lipinski definition) is 2. The van der Waals surface area contributed by atoms with E-state index in [0.717, 1.165) is 40.7 Å². The molecule has 0 spiro atoms. The molecule has 3 heteroatoms. The summed E-state index contributed by atoms with van der Waals surface area (Å²) in [5.41, 5.74) is 5.38. The van der Waals surface area contributed by atoms with E-state index in [2.05, 4.69) is 30.3 Å². The smallest absolute Gasteiger partial charge is 0.107 e. The number of aliphatic hydroxyl groups is 1. The first-order valence-corrected chi connectivity index (χ1v) is 9.56. The molecule has 0 heterocycles. The van der Waals surface area contributed by atoms with Gasteiger partial charge in [-0.05, 0) is 65.7 Å². The summed E-state index contributed by atoms with van der Waals surface area (Å²) in [4.78, 5) is 5.54. The predicted octanol–water partition coefficient (Wildman–Crippen LogP) is 4.87. The molecule has 3 nitrogen and oxygen atoms in total. The van der Waals surface area contributed by atoms with Crippen LogP contribution in [0.25, 0.3) is 11.6 Å². The summed E-state index contributed by atoms with van der Waals surface area (Å²) >= 11 is 0. The Morgan fingerprint density at radius 3 is 2.54 bits per heavy atom. The van der Waals surface area contributed by atoms with Gasteiger partial charge in [0.05, 0.1) is 6.61 Å². The van der Waals surface area contributed by atoms with E-state index >= 15 is 0 Å². The van der Waals surface area contributed by atoms with Crippen molar-refractivity contribution in [1.29, 1.82) is 0 Å². The van der Waals surface area contributed by atoms with Crippen LogP contribution >= 0.6 is 0 Å². The Hall–Kier alpha value is -1.94. The Morgan fingerprint density at radius 1 is 1.15 bits per heavy atom. The topological polar surface area (TPSA) is 55.5 Å². The maximum absolute atomic E-state index is 9.59. The highest BCUT2D eigenvalue weighted by atomic mass is 16.6. The zero-order valence-corrected chi connectivity index (χ0v) is 15.5. The first kappa shape index (κ1) is 18.8. The van der Waals surface area contributed by atoms with E-state index in [0.29, 0.717) is 5.92 Å². The van der Waals surface area contributed by atoms with Gasteiger partial charge in [0.25, 0.3) is 0 Å². The van der Waals surface area contributed by atoms with E-state index in [9.17, 15) is 5.11 Å². The fourth-order valence-corrected chi connectivity index (χ4v) is 3.97. The van der Waals surface area contributed by atoms with Crippen molar-refractivity contribution in [2.75, 3.05) is 0 Å². The third-order valence-electron chi connectivity index (χ3n) is 5.50. The Bertz CT molecular complexity index is 733. The van der Waals surface area contributed by atoms with Crippen LogP contribution in [0.2, 0.25) is 0 Å². The molecular weight excluding hydrogens is 322 g/mol. The van der Waals surface area contributed by atoms with E-state index in [-0.39, 0.29) is 12.7 Å². The molecule has 1 aliphatic rings. The number of rotatable bonds is 6. The first-order chi connectivity index (χ1) is 12.7. The third-order valence-corrected chi connectivity index (χ3v) is 5.50. The molecule has 0 aromatic heterocycles. The van der Waals surface area contributed by atoms with Crippen molar-refractivity contribution in [3.8, 4) is 0 Å². The van der Waals surface area contributed by atoms with Crippen molar-refractivity contribution in [3.05, 3.63) is 70.8 Å². The fraction of sp³-hybridized carbons (Fsp3) is 0.391. The van der Waals surface area contributed by atoms with Crippen LogP contribution in [0.5, 0.6) is 0 Å². The average molecular weight is 351 g/mol. The van der Waals surface area contributed by atoms with Gasteiger partial charge in [0.2, 0.25) is 0 Å². The third kappa shape index (κ3) is 4.42. The van der Waals surface area contributed by atoms with Crippen molar-refractivity contribution in [3.63, 3.8) is 0 Å². The van der Waals surface area contributed by atoms with Crippen LogP contribution in [0.1, 0.15) is 54.4 Å². The Kier molecular flexibility index (Phi) is 6.62. The zero-order valence-electron chi connectivity index (χ0n) is 15.5. The molecule has 1 atom stereocenters. The lowest BCUT2D eigenvalue weighted by molar-refractivity contribution is 0.0386. The van der Waals surface area contributed by atoms with Gasteiger partial charge in [0.1, 0.15) is 6.10 Å². The lowest BCUT2D eigenvalue weighted by Gasteiger charge is -2.30. The molecule has 2 aromatic carbocycles. The van der Waals surface area contributed by atoms with Crippen molar-refractivity contribution in [2.24, 2.45) is 11.8 Å². The molecule has 0 bridgehead atoms. The van der Waals surface area contributed by atoms with Crippen LogP contribution in [0, 0.1) is 12.8 Å². The predicted molar refractivity (Wildman–Crippen MR) is 107 cm³/mol. The monoisotopic (exact) mass is 351 g/mol. The summed E-state index contributed by atoms with van der Waals surface area (Å²) in [5.74, 6) is 6.24. The molecule has 1 unspecified atom stereocenters. The van der Waals surface area contributed by atoms with Gasteiger partial charge in [0, 0.05) is 0 Å². The molecule has 0 aliphatic heterocycles. The molecule has 0 amide bonds. The van der Waals surface area contributed by atoms with Gasteiger partial charge >= 0.3 is 0 Å². The molecule has 2 aromatic rings. The maximum atomic E-state index is 9.59. The van der Waals surface area contributed by atoms with Crippen LogP contribution in [-0.2, 0) is 11.4 Å². The summed E-state index contributed by atoms with van der Waals surface area (Å²) in [6, 6.07) is 16.5. The lowest BCUT2D eigenvalue weighted by atomic mass is 9.80. The molecule has 1 fully saturated rings. The minimum Gasteiger partial charge on any atom is -0.392 e. The standard InChI is InChI=1S/C23H29NO2/c1-17-12-13-18(14-21(17)16-25)15-22(19-8-4-2-5-9-19)23(26-24)20-10-6-3-7-11-20/h2,4-5,8-9,12-15,20,23,25H,3,6-7,10-11,16,24H2,1H3. The number of benzene rings is 2. The fourth-order valence-electron chi connectivity index (χ4n) is 3.97. The lowest BCUT2D eigenvalue weighted by Crippen LogP contribution is -2.30. The van der Waals surface area contributed by atoms with Gasteiger partial charge in [-0.2, -0.15) is 0 Å². The van der Waals surface area contributed by atoms with Crippen molar-refractivity contribution >= 4 is 11.6 Å². The second-order valence-electron chi connectivity index (χ2n) is 7.26. The number of hydrogen-bond acceptors (Lipinski definition) is 3. The highest BCUT2D eigenvalue weighted by Crippen LogP contribution is 2.35. The molecule has 1 aliphatic carbocycles. The second-order valence-corrected chi connectivity index (χ2v) is 7.26. The SMILES string of the molecule is Cc1ccc(C=C(c2ccccc2)C(ON)C2CCCCC2)cc1CO. The van der Waals surface area contributed by atoms with E-state index in [1.807, 2.05) is 31.2 Å². The van der Waals surface area contributed by atoms with Gasteiger partial charge in [-0.25, -0.2) is 5.90 Å². The number of aliphatic hydroxyl groups excluding tert-OH is 1. The molecule has 0 radical (unpaired) electrons. The minimum absolute atomic E-state index is 0.0492. The van der Waals surface area contributed by atoms with E-state index in [4.69, 9.17) is 10.7 Å². The Balaban J connectivity index is 2.02. The second kappa shape index (κ2) is 9.13. The van der Waals surface area contributed by atoms with Gasteiger partial charge in [-0.3, -0.25) is 4.84 Å². The molecular formula is C23H29NO2. The first-order valence-electron chi connectivity index (χ1n) is 9.56. The zero-order chi connectivity index (χ0) is 18.4. The normalized spacial score (nSPS) is 17.3. The quantitative estimate of drug-likeness (QED) is 0.577. The minimum atomic E-state index is -0.114. The Morgan fingerprint density at radius 2 is 1.88 bits per heavy atom. The van der Waals surface area contributed by atoms with Crippen LogP contribution in [0.3, 0.4) is 0 Å². The summed E-state index contributed by atoms with van der Waals surface area (Å²) in [6.45, 7) is 2.07. The summed E-state index contributed by atoms with van der Waals surface area (Å²) < 4.78 is 0. The van der Waals surface area contributed by atoms with Crippen LogP contribution in [0.15, 0.2) is 48.5 Å². The average Bonchev–Trinajstić information content (AvgIpc) is 2.70. The highest BCUT2D eigenvalue weighted by Gasteiger charge is 2.28. The molecule has 3 rings (SSSR count). The number of nitrogens with two attached hydrogens (primary N) is 1. The molecule has 1 saturated carbocycles. The van der Waals surface area contributed by atoms with Crippen molar-refractivity contribution < 1.29 is 9.94 Å². The molecule has 26 heavy (non-hydrogen) atoms. The van der Waals surface area contributed by atoms with Gasteiger partial charge in [-0.1, -0.05) is 61.7 Å². The van der Waals surface area contributed by atoms with Gasteiger partial charge < -0.3 is 5.11 Å². The summed E-state index contributed by atoms with van der Waals surface area (Å²) in [7, 11) is 0. The molecule has 138 valence electrons. The van der Waals surface area contributed by atoms with E-state index in [1.54, 1.807) is 0 Å². The maximum Gasteiger partial charge on any atom is 0.107 e. The van der Waals surface area contributed by atoms with Gasteiger partial charge in [0.15, 0.2) is 0 Å². The van der Waals surface area contributed by atoms with Crippen LogP contribution in [0.4, 0.5) is 0 Å². The largest absolute Gasteiger partial charge is 0.392 e. The van der Waals surface area contributed by atoms with Crippen LogP contribution in [-0.4, -0.2) is 11.2 Å². The number of aryl methyl sites for hydroxylation is 1. The Labute approximate surface area is 156 Å². The van der Waals surface area contributed by atoms with Crippen molar-refractivity contribution in [2.45, 2.75) is 51.7 Å².